The first-order valence-corrected chi connectivity index (χ1v) is 9.93. The van der Waals surface area contributed by atoms with Crippen molar-refractivity contribution < 1.29 is 9.21 Å². The second-order valence-corrected chi connectivity index (χ2v) is 7.79. The average Bonchev–Trinajstić information content (AvgIpc) is 3.12. The molecule has 4 nitrogen and oxygen atoms in total. The van der Waals surface area contributed by atoms with Crippen molar-refractivity contribution >= 4 is 28.8 Å². The smallest absolute Gasteiger partial charge is 0.229 e. The Labute approximate surface area is 161 Å². The Morgan fingerprint density at radius 2 is 2.15 bits per heavy atom. The third-order valence-electron chi connectivity index (χ3n) is 4.59. The summed E-state index contributed by atoms with van der Waals surface area (Å²) in [6.07, 6.45) is 4.05. The molecule has 2 aromatic heterocycles. The number of hydrogen-bond acceptors (Lipinski definition) is 4. The number of benzene rings is 1. The molecule has 1 unspecified atom stereocenters. The largest absolute Gasteiger partial charge is 0.467 e. The number of carbonyl (C=O) groups is 1. The molecule has 1 aromatic carbocycles. The lowest BCUT2D eigenvalue weighted by Crippen LogP contribution is -2.36. The molecule has 1 fully saturated rings. The summed E-state index contributed by atoms with van der Waals surface area (Å²) in [6, 6.07) is 11.7. The maximum atomic E-state index is 13.0. The predicted molar refractivity (Wildman–Crippen MR) is 103 cm³/mol. The van der Waals surface area contributed by atoms with Crippen molar-refractivity contribution in [2.75, 3.05) is 0 Å². The summed E-state index contributed by atoms with van der Waals surface area (Å²) < 4.78 is 5.51. The van der Waals surface area contributed by atoms with E-state index < -0.39 is 0 Å². The van der Waals surface area contributed by atoms with Gasteiger partial charge in [0.2, 0.25) is 5.91 Å². The van der Waals surface area contributed by atoms with Crippen LogP contribution >= 0.6 is 22.9 Å². The van der Waals surface area contributed by atoms with E-state index in [0.29, 0.717) is 17.5 Å². The van der Waals surface area contributed by atoms with Crippen LogP contribution in [0.5, 0.6) is 0 Å². The number of thiazole rings is 1. The molecule has 0 saturated heterocycles. The number of hydrogen-bond donors (Lipinski definition) is 0. The van der Waals surface area contributed by atoms with Crippen LogP contribution in [0.1, 0.15) is 37.3 Å². The Morgan fingerprint density at radius 1 is 1.35 bits per heavy atom. The average molecular weight is 387 g/mol. The molecule has 1 aliphatic carbocycles. The van der Waals surface area contributed by atoms with E-state index in [1.54, 1.807) is 6.26 Å². The topological polar surface area (TPSA) is 46.3 Å². The SMILES string of the molecule is CC(c1ccco1)N(C(=O)Cc1csc(-c2ccccc2Cl)n1)C1CC1. The Morgan fingerprint density at radius 3 is 2.85 bits per heavy atom. The number of carbonyl (C=O) groups excluding carboxylic acids is 1. The van der Waals surface area contributed by atoms with Crippen molar-refractivity contribution in [3.63, 3.8) is 0 Å². The minimum Gasteiger partial charge on any atom is -0.467 e. The number of halogens is 1. The lowest BCUT2D eigenvalue weighted by Gasteiger charge is -2.28. The van der Waals surface area contributed by atoms with Crippen molar-refractivity contribution in [2.45, 2.75) is 38.3 Å². The molecule has 0 aliphatic heterocycles. The van der Waals surface area contributed by atoms with Gasteiger partial charge in [-0.25, -0.2) is 4.98 Å². The molecule has 1 saturated carbocycles. The van der Waals surface area contributed by atoms with Gasteiger partial charge >= 0.3 is 0 Å². The molecule has 2 heterocycles. The summed E-state index contributed by atoms with van der Waals surface area (Å²) in [5, 5.41) is 3.46. The summed E-state index contributed by atoms with van der Waals surface area (Å²) in [7, 11) is 0. The fourth-order valence-electron chi connectivity index (χ4n) is 3.15. The first-order valence-electron chi connectivity index (χ1n) is 8.67. The monoisotopic (exact) mass is 386 g/mol. The zero-order valence-corrected chi connectivity index (χ0v) is 16.0. The maximum absolute atomic E-state index is 13.0. The van der Waals surface area contributed by atoms with Crippen molar-refractivity contribution in [2.24, 2.45) is 0 Å². The lowest BCUT2D eigenvalue weighted by atomic mass is 10.2. The highest BCUT2D eigenvalue weighted by Crippen LogP contribution is 2.35. The van der Waals surface area contributed by atoms with Crippen LogP contribution in [0.15, 0.2) is 52.5 Å². The Bertz CT molecular complexity index is 902. The van der Waals surface area contributed by atoms with Gasteiger partial charge in [-0.15, -0.1) is 11.3 Å². The molecule has 1 aliphatic rings. The van der Waals surface area contributed by atoms with Gasteiger partial charge in [-0.1, -0.05) is 29.8 Å². The summed E-state index contributed by atoms with van der Waals surface area (Å²) in [5.74, 6) is 0.910. The van der Waals surface area contributed by atoms with E-state index in [4.69, 9.17) is 16.0 Å². The Balaban J connectivity index is 1.51. The van der Waals surface area contributed by atoms with E-state index in [2.05, 4.69) is 4.98 Å². The van der Waals surface area contributed by atoms with E-state index in [-0.39, 0.29) is 11.9 Å². The standard InChI is InChI=1S/C20H19ClN2O2S/c1-13(18-7-4-10-25-18)23(15-8-9-15)19(24)11-14-12-26-20(22-14)16-5-2-3-6-17(16)21/h2-7,10,12-13,15H,8-9,11H2,1H3. The lowest BCUT2D eigenvalue weighted by molar-refractivity contribution is -0.133. The highest BCUT2D eigenvalue weighted by molar-refractivity contribution is 7.13. The summed E-state index contributed by atoms with van der Waals surface area (Å²) in [5.41, 5.74) is 1.69. The molecule has 6 heteroatoms. The van der Waals surface area contributed by atoms with E-state index >= 15 is 0 Å². The van der Waals surface area contributed by atoms with Gasteiger partial charge < -0.3 is 9.32 Å². The van der Waals surface area contributed by atoms with Gasteiger partial charge in [0.1, 0.15) is 10.8 Å². The van der Waals surface area contributed by atoms with E-state index in [1.807, 2.05) is 53.6 Å². The molecule has 3 aromatic rings. The molecular formula is C20H19ClN2O2S. The van der Waals surface area contributed by atoms with Gasteiger partial charge in [0, 0.05) is 17.0 Å². The van der Waals surface area contributed by atoms with Crippen LogP contribution in [0.3, 0.4) is 0 Å². The zero-order valence-electron chi connectivity index (χ0n) is 14.4. The Kier molecular flexibility index (Phi) is 4.83. The second kappa shape index (κ2) is 7.25. The minimum absolute atomic E-state index is 0.0633. The van der Waals surface area contributed by atoms with Gasteiger partial charge in [0.15, 0.2) is 0 Å². The van der Waals surface area contributed by atoms with Crippen molar-refractivity contribution in [3.8, 4) is 10.6 Å². The highest BCUT2D eigenvalue weighted by Gasteiger charge is 2.37. The van der Waals surface area contributed by atoms with Gasteiger partial charge in [-0.05, 0) is 38.0 Å². The van der Waals surface area contributed by atoms with Crippen LogP contribution in [0.2, 0.25) is 5.02 Å². The predicted octanol–water partition coefficient (Wildman–Crippen LogP) is 5.35. The van der Waals surface area contributed by atoms with E-state index in [1.165, 1.54) is 11.3 Å². The highest BCUT2D eigenvalue weighted by atomic mass is 35.5. The van der Waals surface area contributed by atoms with Gasteiger partial charge in [-0.3, -0.25) is 4.79 Å². The number of nitrogens with zero attached hydrogens (tertiary/aromatic N) is 2. The van der Waals surface area contributed by atoms with E-state index in [0.717, 1.165) is 34.9 Å². The molecule has 134 valence electrons. The van der Waals surface area contributed by atoms with Crippen LogP contribution in [-0.4, -0.2) is 21.8 Å². The summed E-state index contributed by atoms with van der Waals surface area (Å²) in [6.45, 7) is 2.02. The molecule has 26 heavy (non-hydrogen) atoms. The second-order valence-electron chi connectivity index (χ2n) is 6.52. The number of amides is 1. The van der Waals surface area contributed by atoms with Crippen LogP contribution in [0.25, 0.3) is 10.6 Å². The fraction of sp³-hybridized carbons (Fsp3) is 0.300. The number of aromatic nitrogens is 1. The molecule has 1 atom stereocenters. The van der Waals surface area contributed by atoms with Crippen molar-refractivity contribution in [1.82, 2.24) is 9.88 Å². The molecule has 0 spiro atoms. The molecule has 1 amide bonds. The van der Waals surface area contributed by atoms with Crippen molar-refractivity contribution in [1.29, 1.82) is 0 Å². The fourth-order valence-corrected chi connectivity index (χ4v) is 4.29. The first kappa shape index (κ1) is 17.3. The quantitative estimate of drug-likeness (QED) is 0.573. The maximum Gasteiger partial charge on any atom is 0.229 e. The molecule has 0 N–H and O–H groups in total. The first-order chi connectivity index (χ1) is 12.6. The van der Waals surface area contributed by atoms with Gasteiger partial charge in [-0.2, -0.15) is 0 Å². The third-order valence-corrected chi connectivity index (χ3v) is 5.84. The molecule has 4 rings (SSSR count). The molecule has 0 radical (unpaired) electrons. The van der Waals surface area contributed by atoms with Crippen LogP contribution < -0.4 is 0 Å². The Hall–Kier alpha value is -2.11. The van der Waals surface area contributed by atoms with E-state index in [9.17, 15) is 4.79 Å². The number of rotatable bonds is 6. The van der Waals surface area contributed by atoms with Gasteiger partial charge in [0.25, 0.3) is 0 Å². The summed E-state index contributed by atoms with van der Waals surface area (Å²) >= 11 is 7.77. The third kappa shape index (κ3) is 3.55. The summed E-state index contributed by atoms with van der Waals surface area (Å²) in [4.78, 5) is 19.5. The number of furan rings is 1. The normalized spacial score (nSPS) is 15.0. The van der Waals surface area contributed by atoms with Crippen LogP contribution in [0, 0.1) is 0 Å². The van der Waals surface area contributed by atoms with Gasteiger partial charge in [0.05, 0.1) is 29.4 Å². The van der Waals surface area contributed by atoms with Crippen molar-refractivity contribution in [3.05, 3.63) is 64.5 Å². The minimum atomic E-state index is -0.0633. The molecular weight excluding hydrogens is 368 g/mol. The van der Waals surface area contributed by atoms with Crippen LogP contribution in [0.4, 0.5) is 0 Å². The van der Waals surface area contributed by atoms with Crippen LogP contribution in [-0.2, 0) is 11.2 Å². The molecule has 0 bridgehead atoms. The zero-order chi connectivity index (χ0) is 18.1.